The zero-order chi connectivity index (χ0) is 11.8. The maximum atomic E-state index is 5.80. The molecule has 0 aliphatic rings. The van der Waals surface area contributed by atoms with Gasteiger partial charge in [0.05, 0.1) is 6.61 Å². The molecule has 0 aliphatic carbocycles. The van der Waals surface area contributed by atoms with Gasteiger partial charge >= 0.3 is 0 Å². The minimum Gasteiger partial charge on any atom is -0.377 e. The summed E-state index contributed by atoms with van der Waals surface area (Å²) in [5, 5.41) is 0. The molecule has 0 fully saturated rings. The van der Waals surface area contributed by atoms with E-state index >= 15 is 0 Å². The van der Waals surface area contributed by atoms with Gasteiger partial charge in [-0.15, -0.1) is 0 Å². The molecule has 0 saturated carbocycles. The molecule has 1 aromatic rings. The molecule has 16 heavy (non-hydrogen) atoms. The van der Waals surface area contributed by atoms with Crippen LogP contribution in [0.25, 0.3) is 0 Å². The molecule has 0 aliphatic heterocycles. The van der Waals surface area contributed by atoms with E-state index < -0.39 is 0 Å². The SMILES string of the molecule is CC(N)C(C)CCCOCc1ccccc1. The van der Waals surface area contributed by atoms with E-state index in [1.165, 1.54) is 5.56 Å². The fourth-order valence-corrected chi connectivity index (χ4v) is 1.53. The van der Waals surface area contributed by atoms with E-state index in [0.29, 0.717) is 12.5 Å². The third-order valence-corrected chi connectivity index (χ3v) is 2.96. The van der Waals surface area contributed by atoms with Crippen LogP contribution in [0.1, 0.15) is 32.3 Å². The molecule has 2 atom stereocenters. The fourth-order valence-electron chi connectivity index (χ4n) is 1.53. The lowest BCUT2D eigenvalue weighted by molar-refractivity contribution is 0.113. The van der Waals surface area contributed by atoms with E-state index in [4.69, 9.17) is 10.5 Å². The lowest BCUT2D eigenvalue weighted by Crippen LogP contribution is -2.24. The number of hydrogen-bond donors (Lipinski definition) is 1. The highest BCUT2D eigenvalue weighted by atomic mass is 16.5. The summed E-state index contributed by atoms with van der Waals surface area (Å²) in [6.07, 6.45) is 2.24. The summed E-state index contributed by atoms with van der Waals surface area (Å²) < 4.78 is 5.61. The monoisotopic (exact) mass is 221 g/mol. The van der Waals surface area contributed by atoms with Gasteiger partial charge in [0, 0.05) is 12.6 Å². The minimum atomic E-state index is 0.286. The van der Waals surface area contributed by atoms with Gasteiger partial charge in [-0.2, -0.15) is 0 Å². The molecule has 0 radical (unpaired) electrons. The molecule has 90 valence electrons. The molecule has 2 N–H and O–H groups in total. The predicted octanol–water partition coefficient (Wildman–Crippen LogP) is 2.97. The number of benzene rings is 1. The molecule has 1 aromatic carbocycles. The van der Waals surface area contributed by atoms with Crippen molar-refractivity contribution < 1.29 is 4.74 Å². The zero-order valence-electron chi connectivity index (χ0n) is 10.4. The first kappa shape index (κ1) is 13.2. The zero-order valence-corrected chi connectivity index (χ0v) is 10.4. The molecule has 1 rings (SSSR count). The molecular formula is C14H23NO. The standard InChI is InChI=1S/C14H23NO/c1-12(13(2)15)7-6-10-16-11-14-8-4-3-5-9-14/h3-5,8-9,12-13H,6-7,10-11,15H2,1-2H3. The van der Waals surface area contributed by atoms with Crippen molar-refractivity contribution in [3.05, 3.63) is 35.9 Å². The van der Waals surface area contributed by atoms with Crippen molar-refractivity contribution in [3.63, 3.8) is 0 Å². The molecule has 0 aromatic heterocycles. The Hall–Kier alpha value is -0.860. The first-order chi connectivity index (χ1) is 7.70. The van der Waals surface area contributed by atoms with Crippen LogP contribution in [0.4, 0.5) is 0 Å². The van der Waals surface area contributed by atoms with Crippen LogP contribution in [-0.4, -0.2) is 12.6 Å². The first-order valence-corrected chi connectivity index (χ1v) is 6.07. The maximum Gasteiger partial charge on any atom is 0.0716 e. The van der Waals surface area contributed by atoms with Crippen LogP contribution in [0.15, 0.2) is 30.3 Å². The number of nitrogens with two attached hydrogens (primary N) is 1. The molecule has 0 spiro atoms. The van der Waals surface area contributed by atoms with Crippen LogP contribution in [-0.2, 0) is 11.3 Å². The van der Waals surface area contributed by atoms with Crippen molar-refractivity contribution in [2.45, 2.75) is 39.3 Å². The van der Waals surface area contributed by atoms with Crippen LogP contribution in [0.5, 0.6) is 0 Å². The van der Waals surface area contributed by atoms with Crippen LogP contribution in [0.3, 0.4) is 0 Å². The van der Waals surface area contributed by atoms with Crippen molar-refractivity contribution in [1.29, 1.82) is 0 Å². The Morgan fingerprint density at radius 1 is 1.19 bits per heavy atom. The summed E-state index contributed by atoms with van der Waals surface area (Å²) in [5.41, 5.74) is 7.04. The summed E-state index contributed by atoms with van der Waals surface area (Å²) in [7, 11) is 0. The summed E-state index contributed by atoms with van der Waals surface area (Å²) in [5.74, 6) is 0.584. The fraction of sp³-hybridized carbons (Fsp3) is 0.571. The van der Waals surface area contributed by atoms with Gasteiger partial charge < -0.3 is 10.5 Å². The van der Waals surface area contributed by atoms with Gasteiger partial charge in [-0.3, -0.25) is 0 Å². The van der Waals surface area contributed by atoms with Gasteiger partial charge in [0.2, 0.25) is 0 Å². The number of ether oxygens (including phenoxy) is 1. The van der Waals surface area contributed by atoms with Gasteiger partial charge in [-0.05, 0) is 31.2 Å². The second-order valence-corrected chi connectivity index (χ2v) is 4.52. The second kappa shape index (κ2) is 7.42. The van der Waals surface area contributed by atoms with Crippen LogP contribution in [0.2, 0.25) is 0 Å². The largest absolute Gasteiger partial charge is 0.377 e. The van der Waals surface area contributed by atoms with Crippen molar-refractivity contribution in [2.75, 3.05) is 6.61 Å². The average molecular weight is 221 g/mol. The van der Waals surface area contributed by atoms with Crippen molar-refractivity contribution in [1.82, 2.24) is 0 Å². The van der Waals surface area contributed by atoms with Gasteiger partial charge in [0.1, 0.15) is 0 Å². The smallest absolute Gasteiger partial charge is 0.0716 e. The predicted molar refractivity (Wildman–Crippen MR) is 68.1 cm³/mol. The van der Waals surface area contributed by atoms with Crippen molar-refractivity contribution >= 4 is 0 Å². The van der Waals surface area contributed by atoms with Crippen molar-refractivity contribution in [2.24, 2.45) is 11.7 Å². The Balaban J connectivity index is 2.04. The van der Waals surface area contributed by atoms with E-state index in [2.05, 4.69) is 26.0 Å². The molecular weight excluding hydrogens is 198 g/mol. The summed E-state index contributed by atoms with van der Waals surface area (Å²) in [6, 6.07) is 10.6. The Kier molecular flexibility index (Phi) is 6.12. The summed E-state index contributed by atoms with van der Waals surface area (Å²) in [6.45, 7) is 5.80. The third-order valence-electron chi connectivity index (χ3n) is 2.96. The Morgan fingerprint density at radius 2 is 1.88 bits per heavy atom. The molecule has 0 bridgehead atoms. The molecule has 2 heteroatoms. The van der Waals surface area contributed by atoms with Crippen molar-refractivity contribution in [3.8, 4) is 0 Å². The first-order valence-electron chi connectivity index (χ1n) is 6.07. The van der Waals surface area contributed by atoms with Crippen LogP contribution in [0, 0.1) is 5.92 Å². The van der Waals surface area contributed by atoms with Gasteiger partial charge in [-0.1, -0.05) is 37.3 Å². The average Bonchev–Trinajstić information content (AvgIpc) is 2.29. The molecule has 0 amide bonds. The van der Waals surface area contributed by atoms with Gasteiger partial charge in [0.25, 0.3) is 0 Å². The number of rotatable bonds is 7. The highest BCUT2D eigenvalue weighted by molar-refractivity contribution is 5.13. The lowest BCUT2D eigenvalue weighted by Gasteiger charge is -2.14. The van der Waals surface area contributed by atoms with Gasteiger partial charge in [-0.25, -0.2) is 0 Å². The van der Waals surface area contributed by atoms with E-state index in [0.717, 1.165) is 19.4 Å². The number of hydrogen-bond acceptors (Lipinski definition) is 2. The molecule has 0 heterocycles. The van der Waals surface area contributed by atoms with E-state index in [1.54, 1.807) is 0 Å². The Morgan fingerprint density at radius 3 is 2.50 bits per heavy atom. The highest BCUT2D eigenvalue weighted by Gasteiger charge is 2.06. The normalized spacial score (nSPS) is 14.7. The Bertz CT molecular complexity index is 271. The maximum absolute atomic E-state index is 5.80. The lowest BCUT2D eigenvalue weighted by atomic mass is 9.99. The summed E-state index contributed by atoms with van der Waals surface area (Å²) >= 11 is 0. The van der Waals surface area contributed by atoms with Crippen LogP contribution < -0.4 is 5.73 Å². The topological polar surface area (TPSA) is 35.2 Å². The third kappa shape index (κ3) is 5.29. The minimum absolute atomic E-state index is 0.286. The highest BCUT2D eigenvalue weighted by Crippen LogP contribution is 2.09. The van der Waals surface area contributed by atoms with E-state index in [9.17, 15) is 0 Å². The summed E-state index contributed by atoms with van der Waals surface area (Å²) in [4.78, 5) is 0. The van der Waals surface area contributed by atoms with E-state index in [1.807, 2.05) is 18.2 Å². The van der Waals surface area contributed by atoms with Crippen LogP contribution >= 0.6 is 0 Å². The Labute approximate surface area is 98.8 Å². The second-order valence-electron chi connectivity index (χ2n) is 4.52. The molecule has 2 unspecified atom stereocenters. The quantitative estimate of drug-likeness (QED) is 0.718. The molecule has 0 saturated heterocycles. The van der Waals surface area contributed by atoms with E-state index in [-0.39, 0.29) is 6.04 Å². The van der Waals surface area contributed by atoms with Gasteiger partial charge in [0.15, 0.2) is 0 Å². The molecule has 2 nitrogen and oxygen atoms in total.